The first kappa shape index (κ1) is 24.0. The third kappa shape index (κ3) is 3.64. The predicted octanol–water partition coefficient (Wildman–Crippen LogP) is 3.49. The van der Waals surface area contributed by atoms with E-state index in [1.54, 1.807) is 36.5 Å². The topological polar surface area (TPSA) is 114 Å². The predicted molar refractivity (Wildman–Crippen MR) is 142 cm³/mol. The minimum absolute atomic E-state index is 0.104. The average molecular weight is 538 g/mol. The monoisotopic (exact) mass is 537 g/mol. The van der Waals surface area contributed by atoms with Crippen LogP contribution in [0, 0.1) is 11.8 Å². The van der Waals surface area contributed by atoms with Crippen molar-refractivity contribution in [3.63, 3.8) is 0 Å². The van der Waals surface area contributed by atoms with Gasteiger partial charge in [-0.05, 0) is 53.6 Å². The minimum Gasteiger partial charge on any atom is -0.454 e. The van der Waals surface area contributed by atoms with Crippen LogP contribution in [0.15, 0.2) is 72.9 Å². The lowest BCUT2D eigenvalue weighted by molar-refractivity contribution is -0.132. The lowest BCUT2D eigenvalue weighted by Gasteiger charge is -2.35. The van der Waals surface area contributed by atoms with Gasteiger partial charge in [0.25, 0.3) is 0 Å². The van der Waals surface area contributed by atoms with Gasteiger partial charge in [-0.25, -0.2) is 4.90 Å². The normalized spacial score (nSPS) is 23.5. The van der Waals surface area contributed by atoms with Crippen LogP contribution in [-0.4, -0.2) is 41.4 Å². The number of fused-ring (bicyclic) bond motifs is 6. The highest BCUT2D eigenvalue weighted by Gasteiger charge is 2.64. The Balaban J connectivity index is 1.26. The number of carbonyl (C=O) groups is 4. The number of esters is 1. The van der Waals surface area contributed by atoms with Crippen LogP contribution in [0.1, 0.15) is 24.1 Å². The third-order valence-corrected chi connectivity index (χ3v) is 7.73. The smallest absolute Gasteiger partial charge is 0.308 e. The number of nitrogens with one attached hydrogen (secondary N) is 1. The van der Waals surface area contributed by atoms with Crippen LogP contribution in [0.5, 0.6) is 17.2 Å². The van der Waals surface area contributed by atoms with Crippen molar-refractivity contribution < 1.29 is 33.4 Å². The van der Waals surface area contributed by atoms with Gasteiger partial charge in [-0.15, -0.1) is 0 Å². The van der Waals surface area contributed by atoms with E-state index >= 15 is 0 Å². The summed E-state index contributed by atoms with van der Waals surface area (Å²) in [6.45, 7) is 1.40. The molecule has 4 aliphatic rings. The summed E-state index contributed by atoms with van der Waals surface area (Å²) >= 11 is 0. The lowest BCUT2D eigenvalue weighted by Crippen LogP contribution is -2.46. The van der Waals surface area contributed by atoms with Gasteiger partial charge in [0.15, 0.2) is 11.5 Å². The van der Waals surface area contributed by atoms with Gasteiger partial charge in [-0.3, -0.25) is 19.2 Å². The van der Waals surface area contributed by atoms with Crippen molar-refractivity contribution in [3.8, 4) is 17.2 Å². The molecular formula is C30H23N3O7. The van der Waals surface area contributed by atoms with Gasteiger partial charge < -0.3 is 24.4 Å². The molecule has 0 spiro atoms. The van der Waals surface area contributed by atoms with Gasteiger partial charge in [-0.2, -0.15) is 0 Å². The van der Waals surface area contributed by atoms with E-state index in [2.05, 4.69) is 5.32 Å². The Morgan fingerprint density at radius 3 is 2.48 bits per heavy atom. The maximum Gasteiger partial charge on any atom is 0.308 e. The molecule has 0 unspecified atom stereocenters. The largest absolute Gasteiger partial charge is 0.454 e. The van der Waals surface area contributed by atoms with E-state index in [0.717, 1.165) is 16.0 Å². The highest BCUT2D eigenvalue weighted by Crippen LogP contribution is 2.53. The summed E-state index contributed by atoms with van der Waals surface area (Å²) in [5.74, 6) is -2.02. The number of nitrogens with zero attached hydrogens (tertiary/aromatic N) is 2. The summed E-state index contributed by atoms with van der Waals surface area (Å²) < 4.78 is 15.9. The van der Waals surface area contributed by atoms with E-state index in [4.69, 9.17) is 14.2 Å². The Morgan fingerprint density at radius 2 is 1.68 bits per heavy atom. The number of hydrogen-bond donors (Lipinski definition) is 1. The Kier molecular flexibility index (Phi) is 5.38. The molecule has 1 N–H and O–H groups in total. The van der Waals surface area contributed by atoms with Crippen molar-refractivity contribution in [2.75, 3.05) is 17.0 Å². The van der Waals surface area contributed by atoms with Crippen LogP contribution in [0.4, 0.5) is 11.4 Å². The molecule has 4 aliphatic heterocycles. The van der Waals surface area contributed by atoms with Crippen molar-refractivity contribution in [2.24, 2.45) is 11.8 Å². The number of carbonyl (C=O) groups excluding carboxylic acids is 4. The second kappa shape index (κ2) is 8.98. The maximum atomic E-state index is 14.0. The Labute approximate surface area is 228 Å². The molecule has 3 amide bonds. The van der Waals surface area contributed by atoms with Crippen molar-refractivity contribution >= 4 is 41.1 Å². The van der Waals surface area contributed by atoms with Crippen LogP contribution in [0.2, 0.25) is 0 Å². The first-order valence-corrected chi connectivity index (χ1v) is 12.8. The number of imide groups is 1. The maximum absolute atomic E-state index is 14.0. The van der Waals surface area contributed by atoms with E-state index < -0.39 is 41.7 Å². The van der Waals surface area contributed by atoms with E-state index in [1.807, 2.05) is 35.2 Å². The number of rotatable bonds is 4. The molecule has 0 aliphatic carbocycles. The summed E-state index contributed by atoms with van der Waals surface area (Å²) in [5, 5.41) is 2.92. The van der Waals surface area contributed by atoms with E-state index in [9.17, 15) is 19.2 Å². The lowest BCUT2D eigenvalue weighted by atomic mass is 9.84. The average Bonchev–Trinajstić information content (AvgIpc) is 3.62. The molecule has 7 rings (SSSR count). The fourth-order valence-corrected chi connectivity index (χ4v) is 6.13. The van der Waals surface area contributed by atoms with Crippen molar-refractivity contribution in [2.45, 2.75) is 19.0 Å². The SMILES string of the molecule is CC(=O)Oc1ccc(N2C(=O)[C@@H]3[C@H](C2=O)[C@@H]2c4ccccc4C=CN2[C@H]3C(=O)Nc2ccc3c(c2)OCO3)cc1. The summed E-state index contributed by atoms with van der Waals surface area (Å²) in [7, 11) is 0. The Bertz CT molecular complexity index is 1620. The summed E-state index contributed by atoms with van der Waals surface area (Å²) in [6, 6.07) is 17.5. The van der Waals surface area contributed by atoms with Gasteiger partial charge in [0.05, 0.1) is 23.6 Å². The van der Waals surface area contributed by atoms with E-state index in [1.165, 1.54) is 19.1 Å². The number of hydrogen-bond acceptors (Lipinski definition) is 8. The van der Waals surface area contributed by atoms with Crippen LogP contribution in [0.25, 0.3) is 6.08 Å². The summed E-state index contributed by atoms with van der Waals surface area (Å²) in [6.07, 6.45) is 3.70. The Morgan fingerprint density at radius 1 is 0.925 bits per heavy atom. The molecule has 2 fully saturated rings. The number of anilines is 2. The molecule has 3 aromatic rings. The number of amides is 3. The standard InChI is InChI=1S/C30H23N3O7/c1-16(34)40-20-9-7-19(8-10-20)33-29(36)24-25(30(33)37)27(32-13-12-17-4-2-3-5-21(17)26(24)32)28(35)31-18-6-11-22-23(14-18)39-15-38-22/h2-14,24-27H,15H2,1H3,(H,31,35)/t24-,25+,26-,27+/m0/s1. The first-order valence-electron chi connectivity index (χ1n) is 12.8. The van der Waals surface area contributed by atoms with Gasteiger partial charge in [0, 0.05) is 24.9 Å². The first-order chi connectivity index (χ1) is 19.4. The van der Waals surface area contributed by atoms with Crippen LogP contribution < -0.4 is 24.4 Å². The second-order valence-corrected chi connectivity index (χ2v) is 9.99. The van der Waals surface area contributed by atoms with Crippen molar-refractivity contribution in [3.05, 3.63) is 84.1 Å². The van der Waals surface area contributed by atoms with Gasteiger partial charge in [0.1, 0.15) is 11.8 Å². The fourth-order valence-electron chi connectivity index (χ4n) is 6.13. The molecule has 4 atom stereocenters. The van der Waals surface area contributed by atoms with Crippen molar-refractivity contribution in [1.82, 2.24) is 4.90 Å². The molecule has 10 nitrogen and oxygen atoms in total. The van der Waals surface area contributed by atoms with E-state index in [0.29, 0.717) is 28.6 Å². The molecular weight excluding hydrogens is 514 g/mol. The molecule has 0 radical (unpaired) electrons. The van der Waals surface area contributed by atoms with E-state index in [-0.39, 0.29) is 12.7 Å². The van der Waals surface area contributed by atoms with Gasteiger partial charge in [-0.1, -0.05) is 24.3 Å². The fraction of sp³-hybridized carbons (Fsp3) is 0.200. The molecule has 2 saturated heterocycles. The molecule has 40 heavy (non-hydrogen) atoms. The third-order valence-electron chi connectivity index (χ3n) is 7.73. The van der Waals surface area contributed by atoms with Crippen LogP contribution in [0.3, 0.4) is 0 Å². The molecule has 10 heteroatoms. The number of benzene rings is 3. The summed E-state index contributed by atoms with van der Waals surface area (Å²) in [5.41, 5.74) is 2.65. The zero-order chi connectivity index (χ0) is 27.5. The zero-order valence-electron chi connectivity index (χ0n) is 21.3. The van der Waals surface area contributed by atoms with Crippen LogP contribution in [-0.2, 0) is 19.2 Å². The molecule has 0 bridgehead atoms. The molecule has 0 aromatic heterocycles. The second-order valence-electron chi connectivity index (χ2n) is 9.99. The molecule has 200 valence electrons. The highest BCUT2D eigenvalue weighted by atomic mass is 16.7. The molecule has 0 saturated carbocycles. The minimum atomic E-state index is -0.938. The zero-order valence-corrected chi connectivity index (χ0v) is 21.3. The highest BCUT2D eigenvalue weighted by molar-refractivity contribution is 6.24. The van der Waals surface area contributed by atoms with Crippen LogP contribution >= 0.6 is 0 Å². The number of ether oxygens (including phenoxy) is 3. The quantitative estimate of drug-likeness (QED) is 0.306. The van der Waals surface area contributed by atoms with Gasteiger partial charge in [0.2, 0.25) is 24.5 Å². The summed E-state index contributed by atoms with van der Waals surface area (Å²) in [4.78, 5) is 56.1. The molecule has 4 heterocycles. The van der Waals surface area contributed by atoms with Crippen molar-refractivity contribution in [1.29, 1.82) is 0 Å². The molecule has 3 aromatic carbocycles. The van der Waals surface area contributed by atoms with Gasteiger partial charge >= 0.3 is 5.97 Å². The Hall–Kier alpha value is -5.12.